The quantitative estimate of drug-likeness (QED) is 0.167. The molecule has 1 N–H and O–H groups in total. The van der Waals surface area contributed by atoms with Crippen molar-refractivity contribution < 1.29 is 19.1 Å². The number of nitrogens with zero attached hydrogens (tertiary/aromatic N) is 2. The number of esters is 1. The van der Waals surface area contributed by atoms with Crippen molar-refractivity contribution in [1.82, 2.24) is 4.90 Å². The van der Waals surface area contributed by atoms with E-state index < -0.39 is 17.6 Å². The van der Waals surface area contributed by atoms with Crippen LogP contribution in [0.2, 0.25) is 0 Å². The Balaban J connectivity index is 1.51. The number of amidine groups is 1. The molecule has 1 amide bonds. The Morgan fingerprint density at radius 1 is 0.783 bits per heavy atom. The average Bonchev–Trinajstić information content (AvgIpc) is 3.45. The predicted octanol–water partition coefficient (Wildman–Crippen LogP) is 7.41. The molecular formula is C39H35N3O4. The van der Waals surface area contributed by atoms with Gasteiger partial charge in [-0.1, -0.05) is 91.0 Å². The summed E-state index contributed by atoms with van der Waals surface area (Å²) >= 11 is 0. The van der Waals surface area contributed by atoms with Gasteiger partial charge in [0.1, 0.15) is 11.6 Å². The minimum Gasteiger partial charge on any atom is -0.497 e. The maximum atomic E-state index is 14.4. The lowest BCUT2D eigenvalue weighted by molar-refractivity contribution is -0.151. The first-order chi connectivity index (χ1) is 22.5. The van der Waals surface area contributed by atoms with Gasteiger partial charge in [-0.05, 0) is 72.1 Å². The molecule has 0 unspecified atom stereocenters. The number of benzene rings is 5. The third kappa shape index (κ3) is 6.00. The first-order valence-electron chi connectivity index (χ1n) is 15.3. The Bertz CT molecular complexity index is 1810. The summed E-state index contributed by atoms with van der Waals surface area (Å²) in [6, 6.07) is 43.6. The van der Waals surface area contributed by atoms with Crippen LogP contribution in [0.5, 0.6) is 5.75 Å². The highest BCUT2D eigenvalue weighted by Crippen LogP contribution is 2.50. The van der Waals surface area contributed by atoms with Gasteiger partial charge in [0.25, 0.3) is 5.91 Å². The normalized spacial score (nSPS) is 17.2. The maximum Gasteiger partial charge on any atom is 0.341 e. The molecule has 7 heteroatoms. The SMILES string of the molecule is CCOC(=O)[C@]1(c2ccccc2)N=C(c2ccc(OC)cc2)N(Cc2ccccc2)[C@@H]1c1ccc(NC(=O)c2ccccc2)cc1. The lowest BCUT2D eigenvalue weighted by Gasteiger charge is -2.37. The van der Waals surface area contributed by atoms with Gasteiger partial charge in [0.2, 0.25) is 5.54 Å². The minimum absolute atomic E-state index is 0.199. The van der Waals surface area contributed by atoms with E-state index in [1.165, 1.54) is 0 Å². The molecule has 0 spiro atoms. The van der Waals surface area contributed by atoms with Crippen molar-refractivity contribution in [3.63, 3.8) is 0 Å². The van der Waals surface area contributed by atoms with E-state index in [-0.39, 0.29) is 12.5 Å². The largest absolute Gasteiger partial charge is 0.497 e. The Kier molecular flexibility index (Phi) is 8.92. The van der Waals surface area contributed by atoms with Crippen LogP contribution in [-0.2, 0) is 21.6 Å². The molecule has 1 aliphatic heterocycles. The zero-order chi connectivity index (χ0) is 31.9. The molecule has 5 aromatic rings. The van der Waals surface area contributed by atoms with E-state index in [1.807, 2.05) is 115 Å². The van der Waals surface area contributed by atoms with Crippen molar-refractivity contribution in [2.24, 2.45) is 4.99 Å². The van der Waals surface area contributed by atoms with Crippen molar-refractivity contribution in [2.75, 3.05) is 19.0 Å². The number of aliphatic imine (C=N–C) groups is 1. The van der Waals surface area contributed by atoms with Crippen LogP contribution < -0.4 is 10.1 Å². The molecule has 0 saturated heterocycles. The molecule has 1 aliphatic rings. The molecule has 2 atom stereocenters. The molecule has 6 rings (SSSR count). The van der Waals surface area contributed by atoms with Gasteiger partial charge in [-0.2, -0.15) is 0 Å². The number of hydrogen-bond acceptors (Lipinski definition) is 6. The summed E-state index contributed by atoms with van der Waals surface area (Å²) in [5, 5.41) is 2.98. The van der Waals surface area contributed by atoms with Gasteiger partial charge in [-0.15, -0.1) is 0 Å². The zero-order valence-electron chi connectivity index (χ0n) is 25.8. The average molecular weight is 610 g/mol. The van der Waals surface area contributed by atoms with Gasteiger partial charge >= 0.3 is 5.97 Å². The number of hydrogen-bond donors (Lipinski definition) is 1. The summed E-state index contributed by atoms with van der Waals surface area (Å²) in [7, 11) is 1.63. The highest BCUT2D eigenvalue weighted by atomic mass is 16.5. The van der Waals surface area contributed by atoms with E-state index in [2.05, 4.69) is 22.3 Å². The molecule has 7 nitrogen and oxygen atoms in total. The highest BCUT2D eigenvalue weighted by molar-refractivity contribution is 6.05. The standard InChI is InChI=1S/C39H35N3O4/c1-3-46-38(44)39(32-17-11-6-12-18-32)35(29-19-23-33(24-20-29)40-37(43)31-15-9-5-10-16-31)42(27-28-13-7-4-8-14-28)36(41-39)30-21-25-34(45-2)26-22-30/h4-26,35H,3,27H2,1-2H3,(H,40,43)/t35-,39-/m1/s1. The first kappa shape index (κ1) is 30.3. The molecule has 0 aliphatic carbocycles. The number of rotatable bonds is 10. The molecule has 0 radical (unpaired) electrons. The Hall–Kier alpha value is -5.69. The fourth-order valence-electron chi connectivity index (χ4n) is 5.95. The summed E-state index contributed by atoms with van der Waals surface area (Å²) in [5.41, 5.74) is 3.26. The Labute approximate surface area is 269 Å². The summed E-state index contributed by atoms with van der Waals surface area (Å²) in [6.45, 7) is 2.49. The molecule has 46 heavy (non-hydrogen) atoms. The van der Waals surface area contributed by atoms with E-state index in [4.69, 9.17) is 14.5 Å². The number of anilines is 1. The second kappa shape index (κ2) is 13.5. The van der Waals surface area contributed by atoms with Crippen LogP contribution in [0.15, 0.2) is 145 Å². The fraction of sp³-hybridized carbons (Fsp3) is 0.154. The highest BCUT2D eigenvalue weighted by Gasteiger charge is 2.57. The van der Waals surface area contributed by atoms with Gasteiger partial charge in [0, 0.05) is 23.4 Å². The number of methoxy groups -OCH3 is 1. The minimum atomic E-state index is -1.42. The third-order valence-electron chi connectivity index (χ3n) is 8.13. The monoisotopic (exact) mass is 609 g/mol. The molecular weight excluding hydrogens is 574 g/mol. The van der Waals surface area contributed by atoms with Crippen LogP contribution in [0.25, 0.3) is 0 Å². The second-order valence-electron chi connectivity index (χ2n) is 11.0. The van der Waals surface area contributed by atoms with Crippen LogP contribution in [0.1, 0.15) is 45.6 Å². The van der Waals surface area contributed by atoms with E-state index in [1.54, 1.807) is 26.2 Å². The van der Waals surface area contributed by atoms with Crippen LogP contribution >= 0.6 is 0 Å². The maximum absolute atomic E-state index is 14.4. The van der Waals surface area contributed by atoms with Crippen molar-refractivity contribution in [2.45, 2.75) is 25.0 Å². The summed E-state index contributed by atoms with van der Waals surface area (Å²) < 4.78 is 11.3. The molecule has 0 saturated carbocycles. The number of ether oxygens (including phenoxy) is 2. The molecule has 1 heterocycles. The second-order valence-corrected chi connectivity index (χ2v) is 11.0. The summed E-state index contributed by atoms with van der Waals surface area (Å²) in [6.07, 6.45) is 0. The number of nitrogens with one attached hydrogen (secondary N) is 1. The Morgan fingerprint density at radius 2 is 1.39 bits per heavy atom. The van der Waals surface area contributed by atoms with E-state index >= 15 is 0 Å². The van der Waals surface area contributed by atoms with Gasteiger partial charge in [0.15, 0.2) is 0 Å². The van der Waals surface area contributed by atoms with Crippen LogP contribution in [-0.4, -0.2) is 36.3 Å². The lowest BCUT2D eigenvalue weighted by atomic mass is 9.79. The van der Waals surface area contributed by atoms with Gasteiger partial charge in [-0.3, -0.25) is 4.79 Å². The summed E-state index contributed by atoms with van der Waals surface area (Å²) in [5.74, 6) is 0.751. The topological polar surface area (TPSA) is 80.2 Å². The van der Waals surface area contributed by atoms with Crippen molar-refractivity contribution in [3.8, 4) is 5.75 Å². The molecule has 5 aromatic carbocycles. The lowest BCUT2D eigenvalue weighted by Crippen LogP contribution is -2.44. The predicted molar refractivity (Wildman–Crippen MR) is 180 cm³/mol. The fourth-order valence-corrected chi connectivity index (χ4v) is 5.95. The van der Waals surface area contributed by atoms with Gasteiger partial charge in [0.05, 0.1) is 19.8 Å². The van der Waals surface area contributed by atoms with Crippen LogP contribution in [0, 0.1) is 0 Å². The summed E-state index contributed by atoms with van der Waals surface area (Å²) in [4.78, 5) is 34.8. The van der Waals surface area contributed by atoms with Crippen molar-refractivity contribution in [3.05, 3.63) is 167 Å². The first-order valence-corrected chi connectivity index (χ1v) is 15.3. The van der Waals surface area contributed by atoms with E-state index in [0.717, 1.165) is 28.0 Å². The Morgan fingerprint density at radius 3 is 2.00 bits per heavy atom. The zero-order valence-corrected chi connectivity index (χ0v) is 25.8. The van der Waals surface area contributed by atoms with E-state index in [9.17, 15) is 9.59 Å². The van der Waals surface area contributed by atoms with Crippen molar-refractivity contribution in [1.29, 1.82) is 0 Å². The third-order valence-corrected chi connectivity index (χ3v) is 8.13. The number of carbonyl (C=O) groups is 2. The molecule has 0 bridgehead atoms. The smallest absolute Gasteiger partial charge is 0.341 e. The van der Waals surface area contributed by atoms with Gasteiger partial charge < -0.3 is 19.7 Å². The van der Waals surface area contributed by atoms with Gasteiger partial charge in [-0.25, -0.2) is 9.79 Å². The number of amides is 1. The molecule has 230 valence electrons. The van der Waals surface area contributed by atoms with Crippen LogP contribution in [0.3, 0.4) is 0 Å². The van der Waals surface area contributed by atoms with E-state index in [0.29, 0.717) is 23.6 Å². The molecule has 0 aromatic heterocycles. The number of carbonyl (C=O) groups excluding carboxylic acids is 2. The van der Waals surface area contributed by atoms with Crippen molar-refractivity contribution >= 4 is 23.4 Å². The molecule has 0 fully saturated rings. The van der Waals surface area contributed by atoms with Crippen LogP contribution in [0.4, 0.5) is 5.69 Å².